The Bertz CT molecular complexity index is 778. The lowest BCUT2D eigenvalue weighted by atomic mass is 10.1. The number of hydrogen-bond acceptors (Lipinski definition) is 3. The average Bonchev–Trinajstić information content (AvgIpc) is 2.90. The van der Waals surface area contributed by atoms with E-state index in [1.807, 2.05) is 6.07 Å². The fourth-order valence-corrected chi connectivity index (χ4v) is 2.02. The number of rotatable bonds is 3. The van der Waals surface area contributed by atoms with E-state index >= 15 is 0 Å². The molecule has 0 bridgehead atoms. The number of pyridine rings is 1. The van der Waals surface area contributed by atoms with Crippen molar-refractivity contribution >= 4 is 28.8 Å². The Balaban J connectivity index is 1.91. The summed E-state index contributed by atoms with van der Waals surface area (Å²) in [5.41, 5.74) is 2.60. The second-order valence-corrected chi connectivity index (χ2v) is 4.31. The van der Waals surface area contributed by atoms with Crippen LogP contribution in [0.3, 0.4) is 0 Å². The zero-order valence-electron chi connectivity index (χ0n) is 10.5. The zero-order chi connectivity index (χ0) is 13.9. The number of H-pyrrole nitrogens is 1. The van der Waals surface area contributed by atoms with Gasteiger partial charge >= 0.3 is 0 Å². The molecule has 0 atom stereocenters. The number of nitrogens with one attached hydrogen (secondary N) is 2. The third-order valence-corrected chi connectivity index (χ3v) is 3.04. The van der Waals surface area contributed by atoms with Crippen molar-refractivity contribution in [2.24, 2.45) is 0 Å². The number of carbonyl (C=O) groups is 2. The van der Waals surface area contributed by atoms with Crippen LogP contribution >= 0.6 is 0 Å². The summed E-state index contributed by atoms with van der Waals surface area (Å²) in [5.74, 6) is -0.213. The van der Waals surface area contributed by atoms with Crippen molar-refractivity contribution in [3.63, 3.8) is 0 Å². The average molecular weight is 265 g/mol. The molecule has 1 aromatic carbocycles. The van der Waals surface area contributed by atoms with E-state index in [1.165, 1.54) is 0 Å². The van der Waals surface area contributed by atoms with Crippen LogP contribution in [0.2, 0.25) is 0 Å². The van der Waals surface area contributed by atoms with Crippen molar-refractivity contribution in [3.8, 4) is 0 Å². The topological polar surface area (TPSA) is 74.8 Å². The molecule has 5 nitrogen and oxygen atoms in total. The van der Waals surface area contributed by atoms with Crippen molar-refractivity contribution in [3.05, 3.63) is 60.0 Å². The zero-order valence-corrected chi connectivity index (χ0v) is 10.5. The maximum atomic E-state index is 12.0. The normalized spacial score (nSPS) is 10.4. The van der Waals surface area contributed by atoms with Crippen LogP contribution in [0, 0.1) is 0 Å². The van der Waals surface area contributed by atoms with E-state index in [1.54, 1.807) is 42.9 Å². The van der Waals surface area contributed by atoms with Gasteiger partial charge in [-0.25, -0.2) is 0 Å². The highest BCUT2D eigenvalue weighted by atomic mass is 16.1. The number of aromatic amines is 1. The van der Waals surface area contributed by atoms with Gasteiger partial charge in [-0.05, 0) is 30.3 Å². The van der Waals surface area contributed by atoms with Gasteiger partial charge in [-0.1, -0.05) is 0 Å². The lowest BCUT2D eigenvalue weighted by Crippen LogP contribution is -2.11. The lowest BCUT2D eigenvalue weighted by molar-refractivity contribution is 0.102. The molecule has 2 heterocycles. The number of hydrogen-bond donors (Lipinski definition) is 2. The highest BCUT2D eigenvalue weighted by Crippen LogP contribution is 2.21. The maximum Gasteiger partial charge on any atom is 0.255 e. The predicted molar refractivity (Wildman–Crippen MR) is 75.9 cm³/mol. The van der Waals surface area contributed by atoms with Crippen LogP contribution in [0.5, 0.6) is 0 Å². The summed E-state index contributed by atoms with van der Waals surface area (Å²) in [6.07, 6.45) is 5.56. The molecule has 3 rings (SSSR count). The van der Waals surface area contributed by atoms with E-state index < -0.39 is 0 Å². The van der Waals surface area contributed by atoms with Crippen LogP contribution < -0.4 is 5.32 Å². The third kappa shape index (κ3) is 2.16. The number of amides is 1. The maximum absolute atomic E-state index is 12.0. The monoisotopic (exact) mass is 265 g/mol. The number of aldehydes is 1. The molecule has 3 aromatic rings. The molecule has 0 spiro atoms. The highest BCUT2D eigenvalue weighted by molar-refractivity contribution is 6.06. The molecule has 5 heteroatoms. The van der Waals surface area contributed by atoms with E-state index in [2.05, 4.69) is 15.3 Å². The number of nitrogens with zero attached hydrogens (tertiary/aromatic N) is 1. The largest absolute Gasteiger partial charge is 0.360 e. The van der Waals surface area contributed by atoms with Gasteiger partial charge < -0.3 is 10.3 Å². The third-order valence-electron chi connectivity index (χ3n) is 3.04. The van der Waals surface area contributed by atoms with Crippen LogP contribution in [-0.4, -0.2) is 22.2 Å². The SMILES string of the molecule is O=Cc1c[nH]c2ccc(NC(=O)c3ccncc3)cc12. The lowest BCUT2D eigenvalue weighted by Gasteiger charge is -2.05. The van der Waals surface area contributed by atoms with Crippen molar-refractivity contribution in [2.45, 2.75) is 0 Å². The molecule has 0 saturated carbocycles. The van der Waals surface area contributed by atoms with Crippen LogP contribution in [0.15, 0.2) is 48.9 Å². The van der Waals surface area contributed by atoms with Gasteiger partial charge in [0, 0.05) is 46.3 Å². The molecule has 2 N–H and O–H groups in total. The fourth-order valence-electron chi connectivity index (χ4n) is 2.02. The van der Waals surface area contributed by atoms with Crippen molar-refractivity contribution in [2.75, 3.05) is 5.32 Å². The summed E-state index contributed by atoms with van der Waals surface area (Å²) < 4.78 is 0. The van der Waals surface area contributed by atoms with Gasteiger partial charge in [-0.3, -0.25) is 14.6 Å². The molecule has 0 unspecified atom stereocenters. The minimum absolute atomic E-state index is 0.213. The molecule has 0 aliphatic heterocycles. The molecule has 0 aliphatic carbocycles. The molecule has 0 aliphatic rings. The summed E-state index contributed by atoms with van der Waals surface area (Å²) in [4.78, 5) is 29.8. The molecule has 1 amide bonds. The van der Waals surface area contributed by atoms with Crippen LogP contribution in [0.25, 0.3) is 10.9 Å². The first-order valence-electron chi connectivity index (χ1n) is 6.05. The number of benzene rings is 1. The Morgan fingerprint density at radius 1 is 1.20 bits per heavy atom. The molecule has 0 saturated heterocycles. The summed E-state index contributed by atoms with van der Waals surface area (Å²) in [7, 11) is 0. The van der Waals surface area contributed by atoms with Crippen LogP contribution in [0.1, 0.15) is 20.7 Å². The molecule has 0 fully saturated rings. The first kappa shape index (κ1) is 12.1. The Morgan fingerprint density at radius 2 is 2.00 bits per heavy atom. The summed E-state index contributed by atoms with van der Waals surface area (Å²) in [6, 6.07) is 8.66. The first-order chi connectivity index (χ1) is 9.78. The minimum atomic E-state index is -0.213. The van der Waals surface area contributed by atoms with Crippen molar-refractivity contribution in [1.29, 1.82) is 0 Å². The summed E-state index contributed by atoms with van der Waals surface area (Å²) in [5, 5.41) is 3.58. The second-order valence-electron chi connectivity index (χ2n) is 4.31. The molecular weight excluding hydrogens is 254 g/mol. The van der Waals surface area contributed by atoms with Gasteiger partial charge in [-0.15, -0.1) is 0 Å². The smallest absolute Gasteiger partial charge is 0.255 e. The van der Waals surface area contributed by atoms with Crippen LogP contribution in [0.4, 0.5) is 5.69 Å². The van der Waals surface area contributed by atoms with E-state index in [0.717, 1.165) is 17.2 Å². The molecule has 20 heavy (non-hydrogen) atoms. The number of fused-ring (bicyclic) bond motifs is 1. The molecule has 2 aromatic heterocycles. The second kappa shape index (κ2) is 4.97. The van der Waals surface area contributed by atoms with Gasteiger partial charge in [0.15, 0.2) is 6.29 Å². The molecule has 98 valence electrons. The number of aromatic nitrogens is 2. The van der Waals surface area contributed by atoms with Gasteiger partial charge in [-0.2, -0.15) is 0 Å². The fraction of sp³-hybridized carbons (Fsp3) is 0. The Morgan fingerprint density at radius 3 is 2.75 bits per heavy atom. The standard InChI is InChI=1S/C15H11N3O2/c19-9-11-8-17-14-2-1-12(7-13(11)14)18-15(20)10-3-5-16-6-4-10/h1-9,17H,(H,18,20). The number of carbonyl (C=O) groups excluding carboxylic acids is 2. The van der Waals surface area contributed by atoms with E-state index in [0.29, 0.717) is 16.8 Å². The van der Waals surface area contributed by atoms with Crippen LogP contribution in [-0.2, 0) is 0 Å². The minimum Gasteiger partial charge on any atom is -0.360 e. The van der Waals surface area contributed by atoms with Crippen molar-refractivity contribution < 1.29 is 9.59 Å². The Hall–Kier alpha value is -2.95. The quantitative estimate of drug-likeness (QED) is 0.715. The van der Waals surface area contributed by atoms with Crippen molar-refractivity contribution in [1.82, 2.24) is 9.97 Å². The van der Waals surface area contributed by atoms with Gasteiger partial charge in [0.05, 0.1) is 0 Å². The van der Waals surface area contributed by atoms with Gasteiger partial charge in [0.25, 0.3) is 5.91 Å². The highest BCUT2D eigenvalue weighted by Gasteiger charge is 2.08. The first-order valence-corrected chi connectivity index (χ1v) is 6.05. The van der Waals surface area contributed by atoms with Gasteiger partial charge in [0.1, 0.15) is 0 Å². The summed E-state index contributed by atoms with van der Waals surface area (Å²) in [6.45, 7) is 0. The summed E-state index contributed by atoms with van der Waals surface area (Å²) >= 11 is 0. The Kier molecular flexibility index (Phi) is 3.01. The predicted octanol–water partition coefficient (Wildman–Crippen LogP) is 2.63. The molecule has 0 radical (unpaired) electrons. The van der Waals surface area contributed by atoms with Gasteiger partial charge in [0.2, 0.25) is 0 Å². The Labute approximate surface area is 114 Å². The van der Waals surface area contributed by atoms with E-state index in [-0.39, 0.29) is 5.91 Å². The van der Waals surface area contributed by atoms with E-state index in [4.69, 9.17) is 0 Å². The van der Waals surface area contributed by atoms with E-state index in [9.17, 15) is 9.59 Å². The molecular formula is C15H11N3O2. The number of anilines is 1.